The number of hydrogen-bond donors (Lipinski definition) is 0. The molecule has 0 fully saturated rings. The molecular formula is C22H30O4S. The zero-order valence-electron chi connectivity index (χ0n) is 17.1. The average Bonchev–Trinajstić information content (AvgIpc) is 2.48. The molecule has 4 nitrogen and oxygen atoms in total. The summed E-state index contributed by atoms with van der Waals surface area (Å²) in [5.74, 6) is 0.467. The van der Waals surface area contributed by atoms with Crippen molar-refractivity contribution in [1.29, 1.82) is 0 Å². The van der Waals surface area contributed by atoms with Crippen LogP contribution < -0.4 is 8.37 Å². The molecule has 0 bridgehead atoms. The molecule has 0 radical (unpaired) electrons. The third-order valence-electron chi connectivity index (χ3n) is 3.71. The molecule has 0 heterocycles. The molecule has 0 aliphatic rings. The van der Waals surface area contributed by atoms with Crippen LogP contribution in [0.25, 0.3) is 0 Å². The summed E-state index contributed by atoms with van der Waals surface area (Å²) in [6.07, 6.45) is 1.80. The van der Waals surface area contributed by atoms with Crippen molar-refractivity contribution >= 4 is 10.4 Å². The molecule has 148 valence electrons. The van der Waals surface area contributed by atoms with Gasteiger partial charge in [-0.25, -0.2) is 0 Å². The van der Waals surface area contributed by atoms with Gasteiger partial charge in [-0.3, -0.25) is 0 Å². The van der Waals surface area contributed by atoms with Crippen molar-refractivity contribution < 1.29 is 16.8 Å². The van der Waals surface area contributed by atoms with Gasteiger partial charge in [-0.2, -0.15) is 0 Å². The van der Waals surface area contributed by atoms with E-state index >= 15 is 0 Å². The number of hydrogen-bond acceptors (Lipinski definition) is 4. The second-order valence-corrected chi connectivity index (χ2v) is 10.5. The minimum Gasteiger partial charge on any atom is -0.353 e. The lowest BCUT2D eigenvalue weighted by molar-refractivity contribution is 0.390. The Morgan fingerprint density at radius 3 is 1.19 bits per heavy atom. The van der Waals surface area contributed by atoms with Crippen LogP contribution in [0.4, 0.5) is 0 Å². The summed E-state index contributed by atoms with van der Waals surface area (Å²) in [5.41, 5.74) is 2.58. The van der Waals surface area contributed by atoms with E-state index in [0.29, 0.717) is 0 Å². The summed E-state index contributed by atoms with van der Waals surface area (Å²) >= 11 is 0. The fourth-order valence-electron chi connectivity index (χ4n) is 2.80. The van der Waals surface area contributed by atoms with Gasteiger partial charge in [0.2, 0.25) is 0 Å². The van der Waals surface area contributed by atoms with E-state index < -0.39 is 10.4 Å². The second-order valence-electron chi connectivity index (χ2n) is 9.34. The van der Waals surface area contributed by atoms with Crippen molar-refractivity contribution in [3.05, 3.63) is 59.7 Å². The molecule has 0 atom stereocenters. The van der Waals surface area contributed by atoms with Crippen molar-refractivity contribution in [3.8, 4) is 11.5 Å². The molecule has 0 aromatic heterocycles. The highest BCUT2D eigenvalue weighted by Crippen LogP contribution is 2.25. The van der Waals surface area contributed by atoms with Crippen LogP contribution in [0.2, 0.25) is 0 Å². The van der Waals surface area contributed by atoms with Gasteiger partial charge in [0.1, 0.15) is 11.5 Å². The lowest BCUT2D eigenvalue weighted by atomic mass is 9.88. The Balaban J connectivity index is 2.00. The van der Waals surface area contributed by atoms with Gasteiger partial charge in [0.15, 0.2) is 0 Å². The normalized spacial score (nSPS) is 12.7. The van der Waals surface area contributed by atoms with Gasteiger partial charge in [0.05, 0.1) is 0 Å². The fraction of sp³-hybridized carbons (Fsp3) is 0.455. The SMILES string of the molecule is CC(C)(C)Cc1ccc(OS(=O)(=O)Oc2ccc(CC(C)(C)C)cc2)cc1. The van der Waals surface area contributed by atoms with E-state index in [0.717, 1.165) is 24.0 Å². The van der Waals surface area contributed by atoms with Gasteiger partial charge in [0, 0.05) is 0 Å². The molecule has 2 rings (SSSR count). The third-order valence-corrected chi connectivity index (χ3v) is 4.51. The molecule has 2 aromatic rings. The Bertz CT molecular complexity index is 770. The molecule has 27 heavy (non-hydrogen) atoms. The van der Waals surface area contributed by atoms with Crippen LogP contribution in [0.1, 0.15) is 52.7 Å². The monoisotopic (exact) mass is 390 g/mol. The van der Waals surface area contributed by atoms with Gasteiger partial charge < -0.3 is 8.37 Å². The van der Waals surface area contributed by atoms with E-state index in [1.807, 2.05) is 24.3 Å². The zero-order chi connectivity index (χ0) is 20.3. The first-order valence-electron chi connectivity index (χ1n) is 9.13. The molecule has 0 aliphatic heterocycles. The summed E-state index contributed by atoms with van der Waals surface area (Å²) < 4.78 is 34.4. The Labute approximate surface area is 163 Å². The van der Waals surface area contributed by atoms with E-state index in [1.165, 1.54) is 0 Å². The van der Waals surface area contributed by atoms with E-state index in [1.54, 1.807) is 24.3 Å². The largest absolute Gasteiger partial charge is 0.500 e. The van der Waals surface area contributed by atoms with Crippen molar-refractivity contribution in [2.75, 3.05) is 0 Å². The maximum atomic E-state index is 12.2. The Kier molecular flexibility index (Phi) is 6.25. The van der Waals surface area contributed by atoms with Crippen molar-refractivity contribution in [1.82, 2.24) is 0 Å². The maximum absolute atomic E-state index is 12.2. The summed E-state index contributed by atoms with van der Waals surface area (Å²) in [6, 6.07) is 14.1. The predicted octanol–water partition coefficient (Wildman–Crippen LogP) is 5.57. The van der Waals surface area contributed by atoms with E-state index in [-0.39, 0.29) is 22.3 Å². The summed E-state index contributed by atoms with van der Waals surface area (Å²) in [6.45, 7) is 12.9. The van der Waals surface area contributed by atoms with Crippen molar-refractivity contribution in [2.45, 2.75) is 54.4 Å². The zero-order valence-corrected chi connectivity index (χ0v) is 17.9. The summed E-state index contributed by atoms with van der Waals surface area (Å²) in [5, 5.41) is 0. The average molecular weight is 391 g/mol. The standard InChI is InChI=1S/C22H30O4S/c1-21(2,3)15-17-7-11-19(12-8-17)25-27(23,24)26-20-13-9-18(10-14-20)16-22(4,5)6/h7-14H,15-16H2,1-6H3. The Morgan fingerprint density at radius 2 is 0.926 bits per heavy atom. The highest BCUT2D eigenvalue weighted by molar-refractivity contribution is 7.82. The third kappa shape index (κ3) is 8.04. The van der Waals surface area contributed by atoms with Gasteiger partial charge in [0.25, 0.3) is 0 Å². The highest BCUT2D eigenvalue weighted by Gasteiger charge is 2.17. The van der Waals surface area contributed by atoms with Crippen LogP contribution in [0, 0.1) is 10.8 Å². The maximum Gasteiger partial charge on any atom is 0.500 e. The topological polar surface area (TPSA) is 52.6 Å². The summed E-state index contributed by atoms with van der Waals surface area (Å²) in [4.78, 5) is 0. The van der Waals surface area contributed by atoms with Gasteiger partial charge in [-0.15, -0.1) is 8.42 Å². The quantitative estimate of drug-likeness (QED) is 0.647. The first kappa shape index (κ1) is 21.3. The number of rotatable bonds is 6. The fourth-order valence-corrected chi connectivity index (χ4v) is 3.53. The van der Waals surface area contributed by atoms with Gasteiger partial charge >= 0.3 is 10.4 Å². The smallest absolute Gasteiger partial charge is 0.353 e. The van der Waals surface area contributed by atoms with Crippen LogP contribution in [0.3, 0.4) is 0 Å². The molecule has 0 N–H and O–H groups in total. The molecule has 0 saturated heterocycles. The molecule has 0 aliphatic carbocycles. The van der Waals surface area contributed by atoms with E-state index in [9.17, 15) is 8.42 Å². The number of benzene rings is 2. The first-order chi connectivity index (χ1) is 12.3. The van der Waals surface area contributed by atoms with Crippen LogP contribution >= 0.6 is 0 Å². The van der Waals surface area contributed by atoms with Crippen LogP contribution in [0.5, 0.6) is 11.5 Å². The molecule has 2 aromatic carbocycles. The van der Waals surface area contributed by atoms with Gasteiger partial charge in [-0.05, 0) is 59.1 Å². The van der Waals surface area contributed by atoms with Crippen molar-refractivity contribution in [2.24, 2.45) is 10.8 Å². The minimum atomic E-state index is -4.18. The lowest BCUT2D eigenvalue weighted by Gasteiger charge is -2.18. The minimum absolute atomic E-state index is 0.163. The molecular weight excluding hydrogens is 360 g/mol. The Morgan fingerprint density at radius 1 is 0.630 bits per heavy atom. The van der Waals surface area contributed by atoms with Crippen LogP contribution in [-0.2, 0) is 23.2 Å². The Hall–Kier alpha value is -2.01. The van der Waals surface area contributed by atoms with Crippen molar-refractivity contribution in [3.63, 3.8) is 0 Å². The van der Waals surface area contributed by atoms with Gasteiger partial charge in [-0.1, -0.05) is 65.8 Å². The molecule has 0 amide bonds. The van der Waals surface area contributed by atoms with E-state index in [4.69, 9.17) is 8.37 Å². The van der Waals surface area contributed by atoms with E-state index in [2.05, 4.69) is 41.5 Å². The highest BCUT2D eigenvalue weighted by atomic mass is 32.3. The molecule has 0 spiro atoms. The van der Waals surface area contributed by atoms with Crippen LogP contribution in [-0.4, -0.2) is 8.42 Å². The lowest BCUT2D eigenvalue weighted by Crippen LogP contribution is -2.16. The summed E-state index contributed by atoms with van der Waals surface area (Å²) in [7, 11) is -4.18. The predicted molar refractivity (Wildman–Crippen MR) is 109 cm³/mol. The second kappa shape index (κ2) is 7.93. The van der Waals surface area contributed by atoms with Crippen LogP contribution in [0.15, 0.2) is 48.5 Å². The molecule has 0 unspecified atom stereocenters. The molecule has 0 saturated carbocycles. The molecule has 5 heteroatoms. The first-order valence-corrected chi connectivity index (χ1v) is 10.5.